The Hall–Kier alpha value is -0.410. The first kappa shape index (κ1) is 9.68. The number of thioether (sulfide) groups is 1. The van der Waals surface area contributed by atoms with Crippen LogP contribution in [0.3, 0.4) is 0 Å². The first-order chi connectivity index (χ1) is 5.54. The molecule has 0 aromatic carbocycles. The highest BCUT2D eigenvalue weighted by Crippen LogP contribution is 2.21. The minimum Gasteiger partial charge on any atom is -0.463 e. The van der Waals surface area contributed by atoms with Crippen LogP contribution >= 0.6 is 11.8 Å². The van der Waals surface area contributed by atoms with Gasteiger partial charge >= 0.3 is 0 Å². The van der Waals surface area contributed by atoms with Gasteiger partial charge in [-0.1, -0.05) is 0 Å². The number of hydrogen-bond acceptors (Lipinski definition) is 3. The Balaban J connectivity index is 2.77. The molecule has 0 spiro atoms. The van der Waals surface area contributed by atoms with E-state index in [4.69, 9.17) is 10.2 Å². The molecule has 0 aliphatic heterocycles. The maximum absolute atomic E-state index is 5.85. The fourth-order valence-corrected chi connectivity index (χ4v) is 1.26. The standard InChI is InChI=1S/C9H14NOS/c1-9(2,10)8-5-4-7(11-8)6-12-3/h4-5H,3,6,10H2,1-2H3. The second kappa shape index (κ2) is 3.54. The van der Waals surface area contributed by atoms with Gasteiger partial charge < -0.3 is 10.2 Å². The summed E-state index contributed by atoms with van der Waals surface area (Å²) < 4.78 is 5.50. The van der Waals surface area contributed by atoms with Crippen molar-refractivity contribution in [1.82, 2.24) is 0 Å². The third kappa shape index (κ3) is 2.29. The zero-order chi connectivity index (χ0) is 9.19. The smallest absolute Gasteiger partial charge is 0.123 e. The summed E-state index contributed by atoms with van der Waals surface area (Å²) in [7, 11) is 0. The van der Waals surface area contributed by atoms with Gasteiger partial charge in [-0.25, -0.2) is 0 Å². The van der Waals surface area contributed by atoms with E-state index in [1.165, 1.54) is 11.8 Å². The molecule has 1 aromatic heterocycles. The highest BCUT2D eigenvalue weighted by Gasteiger charge is 2.18. The normalized spacial score (nSPS) is 12.0. The van der Waals surface area contributed by atoms with Gasteiger partial charge in [0.25, 0.3) is 0 Å². The van der Waals surface area contributed by atoms with Gasteiger partial charge in [0.2, 0.25) is 0 Å². The van der Waals surface area contributed by atoms with E-state index in [1.807, 2.05) is 26.0 Å². The van der Waals surface area contributed by atoms with E-state index in [2.05, 4.69) is 6.26 Å². The Kier molecular flexibility index (Phi) is 2.85. The molecule has 0 unspecified atom stereocenters. The van der Waals surface area contributed by atoms with E-state index >= 15 is 0 Å². The third-order valence-electron chi connectivity index (χ3n) is 1.54. The van der Waals surface area contributed by atoms with Crippen LogP contribution in [0.1, 0.15) is 25.4 Å². The minimum absolute atomic E-state index is 0.385. The van der Waals surface area contributed by atoms with Crippen molar-refractivity contribution in [3.63, 3.8) is 0 Å². The van der Waals surface area contributed by atoms with Crippen LogP contribution in [0.15, 0.2) is 16.5 Å². The maximum Gasteiger partial charge on any atom is 0.123 e. The highest BCUT2D eigenvalue weighted by molar-refractivity contribution is 7.99. The van der Waals surface area contributed by atoms with Crippen LogP contribution in [-0.4, -0.2) is 0 Å². The molecule has 0 bridgehead atoms. The largest absolute Gasteiger partial charge is 0.463 e. The Morgan fingerprint density at radius 1 is 1.58 bits per heavy atom. The van der Waals surface area contributed by atoms with Crippen LogP contribution in [0.5, 0.6) is 0 Å². The molecule has 0 amide bonds. The fraction of sp³-hybridized carbons (Fsp3) is 0.444. The van der Waals surface area contributed by atoms with Gasteiger partial charge in [-0.15, -0.1) is 0 Å². The van der Waals surface area contributed by atoms with Crippen molar-refractivity contribution >= 4 is 11.8 Å². The molecule has 67 valence electrons. The second-order valence-corrected chi connectivity index (χ2v) is 4.03. The van der Waals surface area contributed by atoms with Crippen molar-refractivity contribution in [3.05, 3.63) is 29.9 Å². The van der Waals surface area contributed by atoms with Crippen molar-refractivity contribution in [3.8, 4) is 0 Å². The molecule has 1 aromatic rings. The Morgan fingerprint density at radius 2 is 2.25 bits per heavy atom. The zero-order valence-corrected chi connectivity index (χ0v) is 8.28. The number of hydrogen-bond donors (Lipinski definition) is 1. The van der Waals surface area contributed by atoms with Gasteiger partial charge in [-0.3, -0.25) is 0 Å². The first-order valence-corrected chi connectivity index (χ1v) is 4.94. The average Bonchev–Trinajstić information content (AvgIpc) is 2.35. The van der Waals surface area contributed by atoms with Crippen LogP contribution < -0.4 is 5.73 Å². The number of furan rings is 1. The van der Waals surface area contributed by atoms with Crippen molar-refractivity contribution in [1.29, 1.82) is 0 Å². The molecule has 1 heterocycles. The van der Waals surface area contributed by atoms with Crippen LogP contribution in [-0.2, 0) is 11.3 Å². The highest BCUT2D eigenvalue weighted by atomic mass is 32.2. The van der Waals surface area contributed by atoms with Crippen molar-refractivity contribution in [2.75, 3.05) is 0 Å². The maximum atomic E-state index is 5.85. The van der Waals surface area contributed by atoms with Gasteiger partial charge in [-0.05, 0) is 26.0 Å². The van der Waals surface area contributed by atoms with E-state index in [9.17, 15) is 0 Å². The monoisotopic (exact) mass is 184 g/mol. The van der Waals surface area contributed by atoms with Crippen LogP contribution in [0, 0.1) is 6.26 Å². The molecule has 2 N–H and O–H groups in total. The molecule has 3 heteroatoms. The van der Waals surface area contributed by atoms with Gasteiger partial charge in [0.1, 0.15) is 11.5 Å². The average molecular weight is 184 g/mol. The van der Waals surface area contributed by atoms with Crippen LogP contribution in [0.2, 0.25) is 0 Å². The van der Waals surface area contributed by atoms with Crippen LogP contribution in [0.25, 0.3) is 0 Å². The van der Waals surface area contributed by atoms with Crippen molar-refractivity contribution < 1.29 is 4.42 Å². The summed E-state index contributed by atoms with van der Waals surface area (Å²) in [5.41, 5.74) is 5.47. The van der Waals surface area contributed by atoms with Crippen LogP contribution in [0.4, 0.5) is 0 Å². The lowest BCUT2D eigenvalue weighted by atomic mass is 10.0. The first-order valence-electron chi connectivity index (χ1n) is 3.79. The summed E-state index contributed by atoms with van der Waals surface area (Å²) in [4.78, 5) is 0. The summed E-state index contributed by atoms with van der Waals surface area (Å²) in [6.07, 6.45) is 3.68. The fourth-order valence-electron chi connectivity index (χ4n) is 0.902. The molecule has 0 aliphatic rings. The summed E-state index contributed by atoms with van der Waals surface area (Å²) in [5, 5.41) is 0. The third-order valence-corrected chi connectivity index (χ3v) is 2.03. The van der Waals surface area contributed by atoms with Crippen molar-refractivity contribution in [2.45, 2.75) is 25.1 Å². The molecular weight excluding hydrogens is 170 g/mol. The summed E-state index contributed by atoms with van der Waals surface area (Å²) in [5.74, 6) is 2.56. The molecule has 12 heavy (non-hydrogen) atoms. The topological polar surface area (TPSA) is 39.2 Å². The molecule has 0 aliphatic carbocycles. The minimum atomic E-state index is -0.385. The van der Waals surface area contributed by atoms with E-state index in [1.54, 1.807) is 0 Å². The van der Waals surface area contributed by atoms with Gasteiger partial charge in [0.15, 0.2) is 0 Å². The molecule has 0 saturated carbocycles. The van der Waals surface area contributed by atoms with Gasteiger partial charge in [0.05, 0.1) is 11.3 Å². The zero-order valence-electron chi connectivity index (χ0n) is 7.46. The Labute approximate surface area is 77.5 Å². The lowest BCUT2D eigenvalue weighted by Gasteiger charge is -2.14. The Bertz CT molecular complexity index is 249. The molecule has 0 fully saturated rings. The van der Waals surface area contributed by atoms with E-state index in [0.29, 0.717) is 0 Å². The second-order valence-electron chi connectivity index (χ2n) is 3.34. The lowest BCUT2D eigenvalue weighted by molar-refractivity contribution is 0.381. The van der Waals surface area contributed by atoms with E-state index in [-0.39, 0.29) is 5.54 Å². The summed E-state index contributed by atoms with van der Waals surface area (Å²) >= 11 is 1.49. The predicted molar refractivity (Wildman–Crippen MR) is 52.6 cm³/mol. The van der Waals surface area contributed by atoms with Gasteiger partial charge in [0, 0.05) is 6.26 Å². The van der Waals surface area contributed by atoms with E-state index < -0.39 is 0 Å². The number of nitrogens with two attached hydrogens (primary N) is 1. The van der Waals surface area contributed by atoms with Gasteiger partial charge in [-0.2, -0.15) is 11.8 Å². The molecule has 1 rings (SSSR count). The molecule has 0 saturated heterocycles. The predicted octanol–water partition coefficient (Wildman–Crippen LogP) is 2.50. The van der Waals surface area contributed by atoms with E-state index in [0.717, 1.165) is 17.3 Å². The lowest BCUT2D eigenvalue weighted by Crippen LogP contribution is -2.27. The molecule has 1 radical (unpaired) electrons. The van der Waals surface area contributed by atoms with Crippen molar-refractivity contribution in [2.24, 2.45) is 5.73 Å². The quantitative estimate of drug-likeness (QED) is 0.784. The molecule has 2 nitrogen and oxygen atoms in total. The molecule has 0 atom stereocenters. The molecular formula is C9H14NOS. The Morgan fingerprint density at radius 3 is 2.67 bits per heavy atom. The summed E-state index contributed by atoms with van der Waals surface area (Å²) in [6, 6.07) is 3.87. The number of rotatable bonds is 3. The summed E-state index contributed by atoms with van der Waals surface area (Å²) in [6.45, 7) is 3.85. The SMILES string of the molecule is [CH2]SCc1ccc(C(C)(C)N)o1.